The summed E-state index contributed by atoms with van der Waals surface area (Å²) < 4.78 is 11.7. The summed E-state index contributed by atoms with van der Waals surface area (Å²) in [5.41, 5.74) is 1.14. The minimum atomic E-state index is 0.290. The summed E-state index contributed by atoms with van der Waals surface area (Å²) in [6.45, 7) is 6.72. The molecule has 16 heavy (non-hydrogen) atoms. The number of halogens is 1. The molecule has 4 heteroatoms. The Labute approximate surface area is 105 Å². The zero-order chi connectivity index (χ0) is 11.8. The molecule has 0 unspecified atom stereocenters. The van der Waals surface area contributed by atoms with Crippen molar-refractivity contribution >= 4 is 15.9 Å². The Morgan fingerprint density at radius 1 is 1.31 bits per heavy atom. The highest BCUT2D eigenvalue weighted by Gasteiger charge is 2.07. The van der Waals surface area contributed by atoms with Gasteiger partial charge in [0.05, 0.1) is 4.47 Å². The van der Waals surface area contributed by atoms with Gasteiger partial charge in [0.15, 0.2) is 6.79 Å². The molecule has 3 nitrogen and oxygen atoms in total. The van der Waals surface area contributed by atoms with Crippen LogP contribution in [-0.4, -0.2) is 19.9 Å². The third-order valence-corrected chi connectivity index (χ3v) is 2.73. The lowest BCUT2D eigenvalue weighted by Gasteiger charge is -2.13. The summed E-state index contributed by atoms with van der Waals surface area (Å²) in [5.74, 6) is 0.858. The molecule has 0 saturated heterocycles. The van der Waals surface area contributed by atoms with Gasteiger partial charge in [-0.15, -0.1) is 0 Å². The van der Waals surface area contributed by atoms with Crippen LogP contribution in [-0.2, 0) is 11.3 Å². The van der Waals surface area contributed by atoms with Crippen molar-refractivity contribution < 1.29 is 9.47 Å². The lowest BCUT2D eigenvalue weighted by Crippen LogP contribution is -2.13. The first-order chi connectivity index (χ1) is 7.79. The zero-order valence-electron chi connectivity index (χ0n) is 9.75. The van der Waals surface area contributed by atoms with Crippen LogP contribution in [0.25, 0.3) is 0 Å². The highest BCUT2D eigenvalue weighted by Crippen LogP contribution is 2.29. The maximum Gasteiger partial charge on any atom is 0.189 e. The maximum atomic E-state index is 5.60. The SMILES string of the molecule is CCNCc1cccc(Br)c1OCOCC. The molecule has 1 N–H and O–H groups in total. The van der Waals surface area contributed by atoms with Crippen molar-refractivity contribution in [1.29, 1.82) is 0 Å². The van der Waals surface area contributed by atoms with Gasteiger partial charge in [-0.3, -0.25) is 0 Å². The summed E-state index contributed by atoms with van der Waals surface area (Å²) in [5, 5.41) is 3.28. The standard InChI is InChI=1S/C12H18BrNO2/c1-3-14-8-10-6-5-7-11(13)12(10)16-9-15-4-2/h5-7,14H,3-4,8-9H2,1-2H3. The highest BCUT2D eigenvalue weighted by molar-refractivity contribution is 9.10. The van der Waals surface area contributed by atoms with Gasteiger partial charge in [0.1, 0.15) is 5.75 Å². The fourth-order valence-electron chi connectivity index (χ4n) is 1.30. The average Bonchev–Trinajstić information content (AvgIpc) is 2.29. The normalized spacial score (nSPS) is 10.4. The van der Waals surface area contributed by atoms with Crippen LogP contribution in [0.3, 0.4) is 0 Å². The molecule has 1 aromatic carbocycles. The van der Waals surface area contributed by atoms with Crippen molar-refractivity contribution in [1.82, 2.24) is 5.32 Å². The Balaban J connectivity index is 2.69. The third-order valence-electron chi connectivity index (χ3n) is 2.10. The molecule has 0 aliphatic rings. The largest absolute Gasteiger partial charge is 0.466 e. The van der Waals surface area contributed by atoms with E-state index in [1.165, 1.54) is 0 Å². The van der Waals surface area contributed by atoms with Crippen LogP contribution in [0.2, 0.25) is 0 Å². The van der Waals surface area contributed by atoms with E-state index in [0.29, 0.717) is 6.61 Å². The minimum absolute atomic E-state index is 0.290. The fourth-order valence-corrected chi connectivity index (χ4v) is 1.82. The van der Waals surface area contributed by atoms with Crippen LogP contribution in [0, 0.1) is 0 Å². The van der Waals surface area contributed by atoms with Gasteiger partial charge < -0.3 is 14.8 Å². The molecule has 1 aromatic rings. The molecule has 0 aliphatic heterocycles. The van der Waals surface area contributed by atoms with Gasteiger partial charge in [-0.05, 0) is 35.5 Å². The van der Waals surface area contributed by atoms with Crippen molar-refractivity contribution in [3.63, 3.8) is 0 Å². The predicted molar refractivity (Wildman–Crippen MR) is 68.6 cm³/mol. The van der Waals surface area contributed by atoms with E-state index in [4.69, 9.17) is 9.47 Å². The Hall–Kier alpha value is -0.580. The number of para-hydroxylation sites is 1. The van der Waals surface area contributed by atoms with Crippen LogP contribution >= 0.6 is 15.9 Å². The molecular weight excluding hydrogens is 270 g/mol. The minimum Gasteiger partial charge on any atom is -0.466 e. The van der Waals surface area contributed by atoms with Crippen molar-refractivity contribution in [2.24, 2.45) is 0 Å². The van der Waals surface area contributed by atoms with E-state index < -0.39 is 0 Å². The van der Waals surface area contributed by atoms with Gasteiger partial charge in [0.25, 0.3) is 0 Å². The lowest BCUT2D eigenvalue weighted by atomic mass is 10.2. The van der Waals surface area contributed by atoms with Crippen molar-refractivity contribution in [2.75, 3.05) is 19.9 Å². The zero-order valence-corrected chi connectivity index (χ0v) is 11.3. The third kappa shape index (κ3) is 4.12. The molecule has 0 atom stereocenters. The number of rotatable bonds is 7. The fraction of sp³-hybridized carbons (Fsp3) is 0.500. The molecule has 0 radical (unpaired) electrons. The maximum absolute atomic E-state index is 5.60. The smallest absolute Gasteiger partial charge is 0.189 e. The van der Waals surface area contributed by atoms with Crippen LogP contribution in [0.1, 0.15) is 19.4 Å². The predicted octanol–water partition coefficient (Wildman–Crippen LogP) is 2.93. The molecular formula is C12H18BrNO2. The number of hydrogen-bond acceptors (Lipinski definition) is 3. The Morgan fingerprint density at radius 2 is 2.12 bits per heavy atom. The number of benzene rings is 1. The van der Waals surface area contributed by atoms with Crippen molar-refractivity contribution in [2.45, 2.75) is 20.4 Å². The molecule has 0 bridgehead atoms. The van der Waals surface area contributed by atoms with Crippen LogP contribution in [0.15, 0.2) is 22.7 Å². The first-order valence-electron chi connectivity index (χ1n) is 5.48. The number of ether oxygens (including phenoxy) is 2. The van der Waals surface area contributed by atoms with Gasteiger partial charge in [-0.2, -0.15) is 0 Å². The van der Waals surface area contributed by atoms with E-state index in [-0.39, 0.29) is 6.79 Å². The summed E-state index contributed by atoms with van der Waals surface area (Å²) >= 11 is 3.48. The number of nitrogens with one attached hydrogen (secondary N) is 1. The average molecular weight is 288 g/mol. The molecule has 90 valence electrons. The van der Waals surface area contributed by atoms with Gasteiger partial charge in [0, 0.05) is 18.7 Å². The van der Waals surface area contributed by atoms with E-state index in [0.717, 1.165) is 28.9 Å². The van der Waals surface area contributed by atoms with Crippen LogP contribution in [0.4, 0.5) is 0 Å². The van der Waals surface area contributed by atoms with Crippen molar-refractivity contribution in [3.8, 4) is 5.75 Å². The Kier molecular flexibility index (Phi) is 6.45. The van der Waals surface area contributed by atoms with E-state index in [9.17, 15) is 0 Å². The summed E-state index contributed by atoms with van der Waals surface area (Å²) in [6, 6.07) is 6.02. The Bertz CT molecular complexity index is 318. The van der Waals surface area contributed by atoms with Gasteiger partial charge in [-0.25, -0.2) is 0 Å². The van der Waals surface area contributed by atoms with E-state index in [2.05, 4.69) is 34.2 Å². The molecule has 0 fully saturated rings. The quantitative estimate of drug-likeness (QED) is 0.618. The second-order valence-corrected chi connectivity index (χ2v) is 4.12. The van der Waals surface area contributed by atoms with E-state index in [1.807, 2.05) is 19.1 Å². The van der Waals surface area contributed by atoms with Crippen LogP contribution in [0.5, 0.6) is 5.75 Å². The first-order valence-corrected chi connectivity index (χ1v) is 6.27. The first kappa shape index (κ1) is 13.5. The van der Waals surface area contributed by atoms with Crippen LogP contribution < -0.4 is 10.1 Å². The summed E-state index contributed by atoms with van der Waals surface area (Å²) in [7, 11) is 0. The molecule has 0 heterocycles. The second-order valence-electron chi connectivity index (χ2n) is 3.26. The van der Waals surface area contributed by atoms with Gasteiger partial charge >= 0.3 is 0 Å². The summed E-state index contributed by atoms with van der Waals surface area (Å²) in [4.78, 5) is 0. The molecule has 1 rings (SSSR count). The molecule has 0 spiro atoms. The topological polar surface area (TPSA) is 30.5 Å². The van der Waals surface area contributed by atoms with Crippen molar-refractivity contribution in [3.05, 3.63) is 28.2 Å². The van der Waals surface area contributed by atoms with E-state index in [1.54, 1.807) is 0 Å². The highest BCUT2D eigenvalue weighted by atomic mass is 79.9. The van der Waals surface area contributed by atoms with E-state index >= 15 is 0 Å². The summed E-state index contributed by atoms with van der Waals surface area (Å²) in [6.07, 6.45) is 0. The lowest BCUT2D eigenvalue weighted by molar-refractivity contribution is 0.0213. The molecule has 0 aliphatic carbocycles. The molecule has 0 amide bonds. The molecule has 0 aromatic heterocycles. The second kappa shape index (κ2) is 7.65. The Morgan fingerprint density at radius 3 is 2.81 bits per heavy atom. The van der Waals surface area contributed by atoms with Gasteiger partial charge in [0.2, 0.25) is 0 Å². The molecule has 0 saturated carbocycles. The van der Waals surface area contributed by atoms with Gasteiger partial charge in [-0.1, -0.05) is 19.1 Å². The monoisotopic (exact) mass is 287 g/mol. The number of hydrogen-bond donors (Lipinski definition) is 1.